The fourth-order valence-corrected chi connectivity index (χ4v) is 3.51. The van der Waals surface area contributed by atoms with Crippen molar-refractivity contribution in [2.75, 3.05) is 39.3 Å². The van der Waals surface area contributed by atoms with Crippen molar-refractivity contribution < 1.29 is 8.42 Å². The van der Waals surface area contributed by atoms with Gasteiger partial charge >= 0.3 is 0 Å². The molecule has 0 aliphatic heterocycles. The third-order valence-electron chi connectivity index (χ3n) is 4.36. The smallest absolute Gasteiger partial charge is 0.249 e. The number of fused-ring (bicyclic) bond motifs is 1. The number of benzene rings is 1. The summed E-state index contributed by atoms with van der Waals surface area (Å²) in [4.78, 5) is 10.5. The van der Waals surface area contributed by atoms with E-state index in [-0.39, 0.29) is 5.16 Å². The van der Waals surface area contributed by atoms with Crippen LogP contribution in [-0.4, -0.2) is 61.8 Å². The lowest BCUT2D eigenvalue weighted by atomic mass is 10.1. The van der Waals surface area contributed by atoms with Crippen LogP contribution in [0.15, 0.2) is 41.7 Å². The number of aryl methyl sites for hydroxylation is 1. The van der Waals surface area contributed by atoms with Gasteiger partial charge in [-0.1, -0.05) is 6.07 Å². The van der Waals surface area contributed by atoms with Gasteiger partial charge in [-0.25, -0.2) is 18.4 Å². The van der Waals surface area contributed by atoms with Gasteiger partial charge in [-0.05, 0) is 45.3 Å². The summed E-state index contributed by atoms with van der Waals surface area (Å²) in [5, 5.41) is 3.82. The predicted molar refractivity (Wildman–Crippen MR) is 109 cm³/mol. The van der Waals surface area contributed by atoms with Gasteiger partial charge in [0.1, 0.15) is 5.82 Å². The number of hydrogen-bond acceptors (Lipinski definition) is 6. The molecule has 2 heterocycles. The van der Waals surface area contributed by atoms with E-state index < -0.39 is 9.84 Å². The van der Waals surface area contributed by atoms with Crippen LogP contribution in [0.5, 0.6) is 0 Å². The fourth-order valence-electron chi connectivity index (χ4n) is 2.98. The summed E-state index contributed by atoms with van der Waals surface area (Å²) in [6.45, 7) is 2.00. The second-order valence-electron chi connectivity index (χ2n) is 6.88. The summed E-state index contributed by atoms with van der Waals surface area (Å²) in [5.74, 6) is 0.474. The Balaban J connectivity index is 1.96. The molecule has 7 nitrogen and oxygen atoms in total. The molecule has 27 heavy (non-hydrogen) atoms. The second kappa shape index (κ2) is 7.66. The topological polar surface area (TPSA) is 80.1 Å². The highest BCUT2D eigenvalue weighted by Crippen LogP contribution is 2.26. The molecule has 1 aromatic carbocycles. The molecule has 0 saturated carbocycles. The van der Waals surface area contributed by atoms with E-state index in [1.807, 2.05) is 12.1 Å². The highest BCUT2D eigenvalue weighted by atomic mass is 32.2. The summed E-state index contributed by atoms with van der Waals surface area (Å²) in [7, 11) is 2.36. The van der Waals surface area contributed by atoms with Gasteiger partial charge in [0, 0.05) is 48.6 Å². The first kappa shape index (κ1) is 19.3. The molecule has 0 atom stereocenters. The van der Waals surface area contributed by atoms with E-state index in [0.29, 0.717) is 11.5 Å². The number of nitrogens with one attached hydrogen (secondary N) is 1. The van der Waals surface area contributed by atoms with Crippen LogP contribution in [0.4, 0.5) is 5.82 Å². The summed E-state index contributed by atoms with van der Waals surface area (Å²) in [6.07, 6.45) is 4.28. The zero-order chi connectivity index (χ0) is 19.6. The third-order valence-corrected chi connectivity index (χ3v) is 5.21. The van der Waals surface area contributed by atoms with Crippen LogP contribution in [0.25, 0.3) is 22.2 Å². The van der Waals surface area contributed by atoms with Gasteiger partial charge in [0.05, 0.1) is 5.69 Å². The molecule has 0 saturated heterocycles. The van der Waals surface area contributed by atoms with Crippen LogP contribution in [0.2, 0.25) is 0 Å². The van der Waals surface area contributed by atoms with Gasteiger partial charge in [0.15, 0.2) is 0 Å². The minimum absolute atomic E-state index is 0.175. The van der Waals surface area contributed by atoms with Crippen LogP contribution < -0.4 is 5.32 Å². The van der Waals surface area contributed by atoms with Crippen LogP contribution in [0.1, 0.15) is 6.42 Å². The van der Waals surface area contributed by atoms with Crippen LogP contribution in [-0.2, 0) is 16.4 Å². The highest BCUT2D eigenvalue weighted by molar-refractivity contribution is 7.90. The first-order valence-corrected chi connectivity index (χ1v) is 10.7. The Labute approximate surface area is 160 Å². The van der Waals surface area contributed by atoms with E-state index >= 15 is 0 Å². The van der Waals surface area contributed by atoms with Gasteiger partial charge < -0.3 is 14.8 Å². The Morgan fingerprint density at radius 2 is 1.93 bits per heavy atom. The van der Waals surface area contributed by atoms with Gasteiger partial charge in [0.25, 0.3) is 0 Å². The van der Waals surface area contributed by atoms with E-state index in [1.165, 1.54) is 0 Å². The maximum atomic E-state index is 11.9. The molecule has 3 rings (SSSR count). The van der Waals surface area contributed by atoms with Crippen LogP contribution in [0.3, 0.4) is 0 Å². The average Bonchev–Trinajstić information content (AvgIpc) is 3.02. The first-order chi connectivity index (χ1) is 12.8. The number of nitrogens with zero attached hydrogens (tertiary/aromatic N) is 4. The quantitative estimate of drug-likeness (QED) is 0.628. The Morgan fingerprint density at radius 1 is 1.15 bits per heavy atom. The lowest BCUT2D eigenvalue weighted by Gasteiger charge is -2.11. The average molecular weight is 388 g/mol. The van der Waals surface area contributed by atoms with E-state index in [2.05, 4.69) is 57.2 Å². The van der Waals surface area contributed by atoms with E-state index in [0.717, 1.165) is 42.2 Å². The van der Waals surface area contributed by atoms with Gasteiger partial charge in [-0.15, -0.1) is 0 Å². The summed E-state index contributed by atoms with van der Waals surface area (Å²) < 4.78 is 26.0. The Hall–Kier alpha value is -2.45. The second-order valence-corrected chi connectivity index (χ2v) is 8.79. The minimum Gasteiger partial charge on any atom is -0.373 e. The van der Waals surface area contributed by atoms with E-state index in [1.54, 1.807) is 13.1 Å². The van der Waals surface area contributed by atoms with Crippen molar-refractivity contribution in [2.45, 2.75) is 18.1 Å². The maximum absolute atomic E-state index is 11.9. The standard InChI is InChI=1S/C19H25N5O2S/c1-20-18-13-16(21-19(22-18)27(4,25)26)14-6-7-17-15(12-14)8-11-24(17)10-5-9-23(2)3/h6-8,11-13H,5,9-10H2,1-4H3,(H,20,21,22). The Bertz CT molecular complexity index is 1060. The van der Waals surface area contributed by atoms with Crippen molar-refractivity contribution in [3.8, 4) is 11.3 Å². The summed E-state index contributed by atoms with van der Waals surface area (Å²) >= 11 is 0. The highest BCUT2D eigenvalue weighted by Gasteiger charge is 2.15. The molecule has 144 valence electrons. The zero-order valence-corrected chi connectivity index (χ0v) is 16.9. The molecule has 1 N–H and O–H groups in total. The third kappa shape index (κ3) is 4.45. The number of hydrogen-bond donors (Lipinski definition) is 1. The Morgan fingerprint density at radius 3 is 2.59 bits per heavy atom. The molecule has 0 fully saturated rings. The predicted octanol–water partition coefficient (Wildman–Crippen LogP) is 2.50. The SMILES string of the molecule is CNc1cc(-c2ccc3c(ccn3CCCN(C)C)c2)nc(S(C)(=O)=O)n1. The molecule has 0 unspecified atom stereocenters. The van der Waals surface area contributed by atoms with Crippen molar-refractivity contribution in [1.82, 2.24) is 19.4 Å². The van der Waals surface area contributed by atoms with Crippen LogP contribution in [0, 0.1) is 0 Å². The van der Waals surface area contributed by atoms with Gasteiger partial charge in [-0.2, -0.15) is 0 Å². The Kier molecular flexibility index (Phi) is 5.48. The molecule has 0 bridgehead atoms. The number of sulfone groups is 1. The zero-order valence-electron chi connectivity index (χ0n) is 16.1. The van der Waals surface area contributed by atoms with Crippen molar-refractivity contribution in [3.05, 3.63) is 36.5 Å². The number of rotatable bonds is 7. The lowest BCUT2D eigenvalue weighted by Crippen LogP contribution is -2.14. The van der Waals surface area contributed by atoms with Gasteiger partial charge in [-0.3, -0.25) is 0 Å². The monoisotopic (exact) mass is 387 g/mol. The summed E-state index contributed by atoms with van der Waals surface area (Å²) in [6, 6.07) is 9.89. The molecule has 3 aromatic rings. The molecule has 8 heteroatoms. The maximum Gasteiger partial charge on any atom is 0.249 e. The molecule has 0 spiro atoms. The molecule has 0 amide bonds. The van der Waals surface area contributed by atoms with Crippen LogP contribution >= 0.6 is 0 Å². The van der Waals surface area contributed by atoms with Crippen molar-refractivity contribution in [3.63, 3.8) is 0 Å². The van der Waals surface area contributed by atoms with Crippen molar-refractivity contribution >= 4 is 26.6 Å². The van der Waals surface area contributed by atoms with E-state index in [4.69, 9.17) is 0 Å². The van der Waals surface area contributed by atoms with Crippen molar-refractivity contribution in [1.29, 1.82) is 0 Å². The minimum atomic E-state index is -3.49. The summed E-state index contributed by atoms with van der Waals surface area (Å²) in [5.41, 5.74) is 2.60. The normalized spacial score (nSPS) is 12.0. The van der Waals surface area contributed by atoms with Gasteiger partial charge in [0.2, 0.25) is 15.0 Å². The lowest BCUT2D eigenvalue weighted by molar-refractivity contribution is 0.388. The van der Waals surface area contributed by atoms with E-state index in [9.17, 15) is 8.42 Å². The number of aromatic nitrogens is 3. The molecular formula is C19H25N5O2S. The molecule has 2 aromatic heterocycles. The first-order valence-electron chi connectivity index (χ1n) is 8.79. The molecule has 0 radical (unpaired) electrons. The molecule has 0 aliphatic rings. The molecular weight excluding hydrogens is 362 g/mol. The number of anilines is 1. The largest absolute Gasteiger partial charge is 0.373 e. The fraction of sp³-hybridized carbons (Fsp3) is 0.368. The molecule has 0 aliphatic carbocycles. The van der Waals surface area contributed by atoms with Crippen molar-refractivity contribution in [2.24, 2.45) is 0 Å².